The first-order chi connectivity index (χ1) is 16.7. The predicted molar refractivity (Wildman–Crippen MR) is 135 cm³/mol. The van der Waals surface area contributed by atoms with Gasteiger partial charge in [-0.1, -0.05) is 0 Å². The number of anilines is 4. The number of piperazine rings is 1. The zero-order valence-electron chi connectivity index (χ0n) is 19.9. The van der Waals surface area contributed by atoms with Crippen LogP contribution in [0.5, 0.6) is 5.75 Å². The summed E-state index contributed by atoms with van der Waals surface area (Å²) in [4.78, 5) is 22.6. The second-order valence-corrected chi connectivity index (χ2v) is 10.1. The Labute approximate surface area is 205 Å². The maximum absolute atomic E-state index is 13.1. The first-order valence-corrected chi connectivity index (χ1v) is 12.6. The molecule has 0 radical (unpaired) electrons. The van der Waals surface area contributed by atoms with Crippen LogP contribution in [0.25, 0.3) is 0 Å². The Balaban J connectivity index is 1.42. The molecular weight excluding hydrogens is 468 g/mol. The number of amides is 1. The monoisotopic (exact) mass is 496 g/mol. The Kier molecular flexibility index (Phi) is 7.17. The van der Waals surface area contributed by atoms with Gasteiger partial charge in [-0.2, -0.15) is 9.29 Å². The van der Waals surface area contributed by atoms with Gasteiger partial charge in [0, 0.05) is 56.2 Å². The summed E-state index contributed by atoms with van der Waals surface area (Å²) in [5.74, 6) is 1.77. The van der Waals surface area contributed by atoms with Gasteiger partial charge in [0.1, 0.15) is 11.6 Å². The van der Waals surface area contributed by atoms with Crippen LogP contribution >= 0.6 is 0 Å². The molecule has 184 valence electrons. The van der Waals surface area contributed by atoms with Crippen molar-refractivity contribution in [3.05, 3.63) is 60.3 Å². The van der Waals surface area contributed by atoms with Gasteiger partial charge in [-0.15, -0.1) is 0 Å². The lowest BCUT2D eigenvalue weighted by Crippen LogP contribution is -2.49. The first kappa shape index (κ1) is 24.4. The third kappa shape index (κ3) is 5.87. The number of sulfonamides is 1. The van der Waals surface area contributed by atoms with Gasteiger partial charge >= 0.3 is 0 Å². The van der Waals surface area contributed by atoms with Crippen LogP contribution in [-0.2, 0) is 14.8 Å². The number of nitrogens with one attached hydrogen (secondary N) is 2. The van der Waals surface area contributed by atoms with Crippen LogP contribution in [0.15, 0.2) is 59.5 Å². The van der Waals surface area contributed by atoms with Gasteiger partial charge in [-0.3, -0.25) is 4.79 Å². The van der Waals surface area contributed by atoms with Crippen molar-refractivity contribution in [2.75, 3.05) is 48.8 Å². The molecular formula is C24H28N6O4S. The zero-order valence-corrected chi connectivity index (χ0v) is 20.7. The minimum absolute atomic E-state index is 0.192. The van der Waals surface area contributed by atoms with Gasteiger partial charge in [0.15, 0.2) is 0 Å². The fourth-order valence-electron chi connectivity index (χ4n) is 3.77. The van der Waals surface area contributed by atoms with E-state index in [9.17, 15) is 13.2 Å². The molecule has 1 saturated heterocycles. The van der Waals surface area contributed by atoms with Crippen LogP contribution in [-0.4, -0.2) is 61.9 Å². The molecule has 11 heteroatoms. The fraction of sp³-hybridized carbons (Fsp3) is 0.292. The van der Waals surface area contributed by atoms with Crippen LogP contribution in [0.1, 0.15) is 12.6 Å². The number of carbonyl (C=O) groups is 1. The van der Waals surface area contributed by atoms with Gasteiger partial charge in [-0.05, 0) is 55.5 Å². The largest absolute Gasteiger partial charge is 0.497 e. The van der Waals surface area contributed by atoms with E-state index in [4.69, 9.17) is 4.74 Å². The normalized spacial score (nSPS) is 14.4. The Morgan fingerprint density at radius 2 is 1.57 bits per heavy atom. The van der Waals surface area contributed by atoms with Crippen LogP contribution in [0.3, 0.4) is 0 Å². The Bertz CT molecular complexity index is 1290. The summed E-state index contributed by atoms with van der Waals surface area (Å²) in [6.07, 6.45) is 0. The van der Waals surface area contributed by atoms with E-state index in [1.54, 1.807) is 19.2 Å². The molecule has 35 heavy (non-hydrogen) atoms. The molecule has 0 saturated carbocycles. The standard InChI is InChI=1S/C24H28N6O4S/c1-17-16-23(27-20-4-8-21(34-3)9-5-20)28-24(25-17)29-12-14-30(15-13-29)35(32,33)22-10-6-19(7-11-22)26-18(2)31/h4-11,16H,12-15H2,1-3H3,(H,26,31)(H,25,27,28). The van der Waals surface area contributed by atoms with Gasteiger partial charge in [0.05, 0.1) is 12.0 Å². The molecule has 2 heterocycles. The highest BCUT2D eigenvalue weighted by Crippen LogP contribution is 2.24. The molecule has 0 spiro atoms. The van der Waals surface area contributed by atoms with Gasteiger partial charge < -0.3 is 20.3 Å². The number of hydrogen-bond acceptors (Lipinski definition) is 8. The van der Waals surface area contributed by atoms with Crippen molar-refractivity contribution in [1.82, 2.24) is 14.3 Å². The number of ether oxygens (including phenoxy) is 1. The topological polar surface area (TPSA) is 117 Å². The maximum atomic E-state index is 13.1. The molecule has 2 aromatic carbocycles. The third-order valence-corrected chi connectivity index (χ3v) is 7.45. The second-order valence-electron chi connectivity index (χ2n) is 8.14. The maximum Gasteiger partial charge on any atom is 0.243 e. The summed E-state index contributed by atoms with van der Waals surface area (Å²) >= 11 is 0. The van der Waals surface area contributed by atoms with E-state index < -0.39 is 10.0 Å². The lowest BCUT2D eigenvalue weighted by atomic mass is 10.3. The summed E-state index contributed by atoms with van der Waals surface area (Å²) in [6, 6.07) is 15.6. The van der Waals surface area contributed by atoms with E-state index in [-0.39, 0.29) is 10.8 Å². The molecule has 0 unspecified atom stereocenters. The number of hydrogen-bond donors (Lipinski definition) is 2. The molecule has 2 N–H and O–H groups in total. The predicted octanol–water partition coefficient (Wildman–Crippen LogP) is 3.01. The minimum Gasteiger partial charge on any atom is -0.497 e. The average Bonchev–Trinajstić information content (AvgIpc) is 2.84. The molecule has 3 aromatic rings. The van der Waals surface area contributed by atoms with E-state index in [0.717, 1.165) is 17.1 Å². The molecule has 1 aromatic heterocycles. The van der Waals surface area contributed by atoms with Crippen molar-refractivity contribution in [3.8, 4) is 5.75 Å². The van der Waals surface area contributed by atoms with Crippen LogP contribution < -0.4 is 20.3 Å². The highest BCUT2D eigenvalue weighted by atomic mass is 32.2. The van der Waals surface area contributed by atoms with Crippen molar-refractivity contribution in [1.29, 1.82) is 0 Å². The fourth-order valence-corrected chi connectivity index (χ4v) is 5.19. The van der Waals surface area contributed by atoms with Crippen molar-refractivity contribution < 1.29 is 17.9 Å². The quantitative estimate of drug-likeness (QED) is 0.513. The number of rotatable bonds is 7. The van der Waals surface area contributed by atoms with Crippen molar-refractivity contribution >= 4 is 39.1 Å². The lowest BCUT2D eigenvalue weighted by molar-refractivity contribution is -0.114. The van der Waals surface area contributed by atoms with Crippen molar-refractivity contribution in [3.63, 3.8) is 0 Å². The van der Waals surface area contributed by atoms with E-state index >= 15 is 0 Å². The summed E-state index contributed by atoms with van der Waals surface area (Å²) in [6.45, 7) is 4.86. The lowest BCUT2D eigenvalue weighted by Gasteiger charge is -2.34. The molecule has 1 amide bonds. The molecule has 0 aliphatic carbocycles. The Hall–Kier alpha value is -3.70. The SMILES string of the molecule is COc1ccc(Nc2cc(C)nc(N3CCN(S(=O)(=O)c4ccc(NC(C)=O)cc4)CC3)n2)cc1. The van der Waals surface area contributed by atoms with E-state index in [2.05, 4.69) is 20.6 Å². The van der Waals surface area contributed by atoms with Gasteiger partial charge in [0.2, 0.25) is 21.9 Å². The number of carbonyl (C=O) groups excluding carboxylic acids is 1. The van der Waals surface area contributed by atoms with Crippen molar-refractivity contribution in [2.24, 2.45) is 0 Å². The molecule has 0 atom stereocenters. The minimum atomic E-state index is -3.65. The van der Waals surface area contributed by atoms with Crippen LogP contribution in [0.4, 0.5) is 23.1 Å². The number of methoxy groups -OCH3 is 1. The van der Waals surface area contributed by atoms with Crippen molar-refractivity contribution in [2.45, 2.75) is 18.7 Å². The number of nitrogens with zero attached hydrogens (tertiary/aromatic N) is 4. The highest BCUT2D eigenvalue weighted by molar-refractivity contribution is 7.89. The molecule has 1 fully saturated rings. The first-order valence-electron chi connectivity index (χ1n) is 11.1. The molecule has 4 rings (SSSR count). The van der Waals surface area contributed by atoms with Gasteiger partial charge in [-0.25, -0.2) is 13.4 Å². The van der Waals surface area contributed by atoms with E-state index in [1.165, 1.54) is 23.4 Å². The van der Waals surface area contributed by atoms with Crippen LogP contribution in [0.2, 0.25) is 0 Å². The highest BCUT2D eigenvalue weighted by Gasteiger charge is 2.29. The molecule has 1 aliphatic heterocycles. The smallest absolute Gasteiger partial charge is 0.243 e. The second kappa shape index (κ2) is 10.3. The molecule has 1 aliphatic rings. The average molecular weight is 497 g/mol. The van der Waals surface area contributed by atoms with Gasteiger partial charge in [0.25, 0.3) is 0 Å². The molecule has 10 nitrogen and oxygen atoms in total. The Morgan fingerprint density at radius 1 is 0.943 bits per heavy atom. The summed E-state index contributed by atoms with van der Waals surface area (Å²) in [5.41, 5.74) is 2.23. The van der Waals surface area contributed by atoms with E-state index in [0.29, 0.717) is 43.6 Å². The summed E-state index contributed by atoms with van der Waals surface area (Å²) in [5, 5.41) is 5.92. The third-order valence-electron chi connectivity index (χ3n) is 5.54. The Morgan fingerprint density at radius 3 is 2.17 bits per heavy atom. The zero-order chi connectivity index (χ0) is 25.0. The number of benzene rings is 2. The van der Waals surface area contributed by atoms with E-state index in [1.807, 2.05) is 42.2 Å². The summed E-state index contributed by atoms with van der Waals surface area (Å²) < 4.78 is 32.8. The number of aromatic nitrogens is 2. The number of aryl methyl sites for hydroxylation is 1. The molecule has 0 bridgehead atoms. The summed E-state index contributed by atoms with van der Waals surface area (Å²) in [7, 11) is -2.02. The van der Waals surface area contributed by atoms with Crippen LogP contribution in [0, 0.1) is 6.92 Å².